The van der Waals surface area contributed by atoms with E-state index in [1.54, 1.807) is 0 Å². The first-order chi connectivity index (χ1) is 12.5. The van der Waals surface area contributed by atoms with Crippen molar-refractivity contribution in [3.63, 3.8) is 0 Å². The summed E-state index contributed by atoms with van der Waals surface area (Å²) in [6, 6.07) is 9.69. The summed E-state index contributed by atoms with van der Waals surface area (Å²) in [5, 5.41) is 3.05. The third-order valence-corrected chi connectivity index (χ3v) is 6.97. The Balaban J connectivity index is 1.36. The molecule has 2 amide bonds. The van der Waals surface area contributed by atoms with Crippen LogP contribution < -0.4 is 11.1 Å². The lowest BCUT2D eigenvalue weighted by Crippen LogP contribution is -2.57. The number of aryl methyl sites for hydroxylation is 1. The van der Waals surface area contributed by atoms with E-state index in [4.69, 9.17) is 5.73 Å². The van der Waals surface area contributed by atoms with E-state index < -0.39 is 11.9 Å². The van der Waals surface area contributed by atoms with Gasteiger partial charge in [-0.15, -0.1) is 0 Å². The van der Waals surface area contributed by atoms with E-state index >= 15 is 0 Å². The predicted molar refractivity (Wildman–Crippen MR) is 101 cm³/mol. The highest BCUT2D eigenvalue weighted by Gasteiger charge is 2.54. The molecule has 0 spiro atoms. The van der Waals surface area contributed by atoms with Gasteiger partial charge in [-0.2, -0.15) is 0 Å². The molecule has 1 aromatic rings. The molecular weight excluding hydrogens is 324 g/mol. The monoisotopic (exact) mass is 354 g/mol. The molecule has 26 heavy (non-hydrogen) atoms. The molecule has 4 saturated carbocycles. The van der Waals surface area contributed by atoms with Gasteiger partial charge >= 0.3 is 0 Å². The topological polar surface area (TPSA) is 72.2 Å². The van der Waals surface area contributed by atoms with Crippen LogP contribution in [0.2, 0.25) is 0 Å². The molecule has 5 rings (SSSR count). The molecule has 4 bridgehead atoms. The average molecular weight is 354 g/mol. The van der Waals surface area contributed by atoms with Crippen molar-refractivity contribution in [1.29, 1.82) is 0 Å². The Morgan fingerprint density at radius 3 is 2.15 bits per heavy atom. The van der Waals surface area contributed by atoms with Crippen LogP contribution in [0.5, 0.6) is 0 Å². The summed E-state index contributed by atoms with van der Waals surface area (Å²) in [6.45, 7) is 0. The van der Waals surface area contributed by atoms with Crippen molar-refractivity contribution in [2.75, 3.05) is 0 Å². The van der Waals surface area contributed by atoms with Crippen LogP contribution in [0, 0.1) is 23.2 Å². The van der Waals surface area contributed by atoms with Crippen LogP contribution in [0.15, 0.2) is 30.3 Å². The first kappa shape index (κ1) is 17.6. The highest BCUT2D eigenvalue weighted by atomic mass is 16.2. The van der Waals surface area contributed by atoms with E-state index in [1.165, 1.54) is 24.8 Å². The fraction of sp³-hybridized carbons (Fsp3) is 0.636. The number of nitrogens with one attached hydrogen (secondary N) is 1. The SMILES string of the molecule is NC(=O)[C@@H](CCCc1ccccc1)NC(=O)C12CC3CC(CC(C3)C1)C2. The highest BCUT2D eigenvalue weighted by Crippen LogP contribution is 2.60. The minimum atomic E-state index is -0.542. The molecule has 0 heterocycles. The second-order valence-electron chi connectivity index (χ2n) is 9.00. The van der Waals surface area contributed by atoms with Gasteiger partial charge in [-0.1, -0.05) is 30.3 Å². The first-order valence-corrected chi connectivity index (χ1v) is 10.2. The van der Waals surface area contributed by atoms with Gasteiger partial charge in [0.2, 0.25) is 11.8 Å². The van der Waals surface area contributed by atoms with Crippen molar-refractivity contribution < 1.29 is 9.59 Å². The second kappa shape index (κ2) is 7.05. The molecule has 0 unspecified atom stereocenters. The maximum absolute atomic E-state index is 13.1. The zero-order valence-electron chi connectivity index (χ0n) is 15.5. The van der Waals surface area contributed by atoms with Gasteiger partial charge < -0.3 is 11.1 Å². The van der Waals surface area contributed by atoms with E-state index in [9.17, 15) is 9.59 Å². The summed E-state index contributed by atoms with van der Waals surface area (Å²) < 4.78 is 0. The minimum Gasteiger partial charge on any atom is -0.368 e. The van der Waals surface area contributed by atoms with E-state index in [0.717, 1.165) is 49.9 Å². The number of carbonyl (C=O) groups is 2. The molecule has 0 aromatic heterocycles. The van der Waals surface area contributed by atoms with Crippen LogP contribution in [0.3, 0.4) is 0 Å². The van der Waals surface area contributed by atoms with Crippen LogP contribution in [0.4, 0.5) is 0 Å². The van der Waals surface area contributed by atoms with Crippen LogP contribution in [0.25, 0.3) is 0 Å². The van der Waals surface area contributed by atoms with Crippen molar-refractivity contribution in [2.45, 2.75) is 63.8 Å². The van der Waals surface area contributed by atoms with Crippen LogP contribution >= 0.6 is 0 Å². The number of benzene rings is 1. The van der Waals surface area contributed by atoms with Crippen molar-refractivity contribution in [2.24, 2.45) is 28.9 Å². The molecule has 3 N–H and O–H groups in total. The Kier molecular flexibility index (Phi) is 4.76. The molecule has 0 aliphatic heterocycles. The molecule has 1 aromatic carbocycles. The van der Waals surface area contributed by atoms with E-state index in [1.807, 2.05) is 18.2 Å². The third kappa shape index (κ3) is 3.51. The minimum absolute atomic E-state index is 0.0973. The smallest absolute Gasteiger partial charge is 0.239 e. The zero-order valence-corrected chi connectivity index (χ0v) is 15.5. The lowest BCUT2D eigenvalue weighted by atomic mass is 9.49. The van der Waals surface area contributed by atoms with Gasteiger partial charge in [0, 0.05) is 5.41 Å². The Morgan fingerprint density at radius 2 is 1.62 bits per heavy atom. The lowest BCUT2D eigenvalue weighted by molar-refractivity contribution is -0.148. The summed E-state index contributed by atoms with van der Waals surface area (Å²) in [6.07, 6.45) is 9.33. The fourth-order valence-corrected chi connectivity index (χ4v) is 6.14. The number of hydrogen-bond donors (Lipinski definition) is 2. The summed E-state index contributed by atoms with van der Waals surface area (Å²) in [4.78, 5) is 25.0. The number of hydrogen-bond acceptors (Lipinski definition) is 2. The van der Waals surface area contributed by atoms with Crippen LogP contribution in [0.1, 0.15) is 56.9 Å². The van der Waals surface area contributed by atoms with E-state index in [2.05, 4.69) is 17.4 Å². The Labute approximate surface area is 155 Å². The van der Waals surface area contributed by atoms with Crippen molar-refractivity contribution >= 4 is 11.8 Å². The Bertz CT molecular complexity index is 635. The largest absolute Gasteiger partial charge is 0.368 e. The second-order valence-corrected chi connectivity index (χ2v) is 9.00. The summed E-state index contributed by atoms with van der Waals surface area (Å²) >= 11 is 0. The maximum atomic E-state index is 13.1. The van der Waals surface area contributed by atoms with Gasteiger partial charge in [-0.3, -0.25) is 9.59 Å². The zero-order chi connectivity index (χ0) is 18.1. The van der Waals surface area contributed by atoms with Gasteiger partial charge in [0.1, 0.15) is 6.04 Å². The Hall–Kier alpha value is -1.84. The van der Waals surface area contributed by atoms with Gasteiger partial charge in [-0.25, -0.2) is 0 Å². The number of amides is 2. The molecular formula is C22H30N2O2. The molecule has 140 valence electrons. The molecule has 0 radical (unpaired) electrons. The quantitative estimate of drug-likeness (QED) is 0.789. The first-order valence-electron chi connectivity index (χ1n) is 10.2. The summed E-state index contributed by atoms with van der Waals surface area (Å²) in [5.41, 5.74) is 6.63. The predicted octanol–water partition coefficient (Wildman–Crippen LogP) is 3.20. The highest BCUT2D eigenvalue weighted by molar-refractivity contribution is 5.89. The van der Waals surface area contributed by atoms with Crippen molar-refractivity contribution in [3.05, 3.63) is 35.9 Å². The van der Waals surface area contributed by atoms with Gasteiger partial charge in [0.25, 0.3) is 0 Å². The van der Waals surface area contributed by atoms with Crippen LogP contribution in [-0.2, 0) is 16.0 Å². The standard InChI is InChI=1S/C22H30N2O2/c23-20(25)19(8-4-7-15-5-2-1-3-6-15)24-21(26)22-12-16-9-17(13-22)11-18(10-16)14-22/h1-3,5-6,16-19H,4,7-14H2,(H2,23,25)(H,24,26)/t16?,17?,18?,19-,22?/m1/s1. The Morgan fingerprint density at radius 1 is 1.04 bits per heavy atom. The van der Waals surface area contributed by atoms with Gasteiger partial charge in [0.05, 0.1) is 0 Å². The summed E-state index contributed by atoms with van der Waals surface area (Å²) in [5.74, 6) is 1.85. The van der Waals surface area contributed by atoms with E-state index in [-0.39, 0.29) is 11.3 Å². The normalized spacial score (nSPS) is 33.0. The molecule has 4 heteroatoms. The van der Waals surface area contributed by atoms with Crippen LogP contribution in [-0.4, -0.2) is 17.9 Å². The van der Waals surface area contributed by atoms with Crippen molar-refractivity contribution in [1.82, 2.24) is 5.32 Å². The van der Waals surface area contributed by atoms with Crippen molar-refractivity contribution in [3.8, 4) is 0 Å². The molecule has 4 aliphatic carbocycles. The lowest BCUT2D eigenvalue weighted by Gasteiger charge is -2.55. The third-order valence-electron chi connectivity index (χ3n) is 6.97. The molecule has 1 atom stereocenters. The van der Waals surface area contributed by atoms with E-state index in [0.29, 0.717) is 6.42 Å². The average Bonchev–Trinajstić information content (AvgIpc) is 2.60. The maximum Gasteiger partial charge on any atom is 0.239 e. The van der Waals surface area contributed by atoms with Gasteiger partial charge in [-0.05, 0) is 81.1 Å². The van der Waals surface area contributed by atoms with Gasteiger partial charge in [0.15, 0.2) is 0 Å². The number of primary amides is 1. The number of rotatable bonds is 7. The fourth-order valence-electron chi connectivity index (χ4n) is 6.14. The molecule has 4 nitrogen and oxygen atoms in total. The molecule has 4 fully saturated rings. The number of nitrogens with two attached hydrogens (primary N) is 1. The molecule has 4 aliphatic rings. The summed E-state index contributed by atoms with van der Waals surface area (Å²) in [7, 11) is 0. The number of carbonyl (C=O) groups excluding carboxylic acids is 2. The molecule has 0 saturated heterocycles.